The lowest BCUT2D eigenvalue weighted by atomic mass is 10.2. The highest BCUT2D eigenvalue weighted by molar-refractivity contribution is 7.89. The van der Waals surface area contributed by atoms with Gasteiger partial charge in [0.15, 0.2) is 5.82 Å². The number of carbonyl (C=O) groups excluding carboxylic acids is 1. The van der Waals surface area contributed by atoms with E-state index in [2.05, 4.69) is 15.4 Å². The number of hydrogen-bond acceptors (Lipinski definition) is 6. The van der Waals surface area contributed by atoms with Crippen molar-refractivity contribution in [2.24, 2.45) is 0 Å². The third-order valence-corrected chi connectivity index (χ3v) is 7.27. The minimum atomic E-state index is -3.68. The zero-order chi connectivity index (χ0) is 22.6. The summed E-state index contributed by atoms with van der Waals surface area (Å²) in [7, 11) is -2.21. The second kappa shape index (κ2) is 9.49. The van der Waals surface area contributed by atoms with Gasteiger partial charge in [-0.05, 0) is 49.2 Å². The van der Waals surface area contributed by atoms with Crippen LogP contribution in [0, 0.1) is 0 Å². The second-order valence-corrected chi connectivity index (χ2v) is 9.40. The van der Waals surface area contributed by atoms with Crippen LogP contribution in [-0.2, 0) is 10.0 Å². The number of pyridine rings is 1. The molecule has 1 amide bonds. The van der Waals surface area contributed by atoms with Crippen molar-refractivity contribution >= 4 is 21.6 Å². The van der Waals surface area contributed by atoms with Crippen molar-refractivity contribution in [2.45, 2.75) is 30.6 Å². The Morgan fingerprint density at radius 3 is 2.53 bits per heavy atom. The van der Waals surface area contributed by atoms with Crippen molar-refractivity contribution in [3.63, 3.8) is 0 Å². The summed E-state index contributed by atoms with van der Waals surface area (Å²) in [6, 6.07) is 9.52. The molecule has 10 heteroatoms. The molecule has 0 saturated carbocycles. The monoisotopic (exact) mass is 455 g/mol. The van der Waals surface area contributed by atoms with Gasteiger partial charge < -0.3 is 10.1 Å². The topological polar surface area (TPSA) is 106 Å². The maximum Gasteiger partial charge on any atom is 0.259 e. The Bertz CT molecular complexity index is 1190. The van der Waals surface area contributed by atoms with Gasteiger partial charge in [-0.15, -0.1) is 0 Å². The Balaban J connectivity index is 1.65. The number of hydrogen-bond donors (Lipinski definition) is 1. The van der Waals surface area contributed by atoms with Crippen molar-refractivity contribution in [3.05, 3.63) is 60.6 Å². The molecule has 4 rings (SSSR count). The predicted molar refractivity (Wildman–Crippen MR) is 120 cm³/mol. The van der Waals surface area contributed by atoms with Crippen LogP contribution in [0.2, 0.25) is 0 Å². The highest BCUT2D eigenvalue weighted by atomic mass is 32.2. The lowest BCUT2D eigenvalue weighted by Crippen LogP contribution is -2.32. The number of anilines is 1. The molecule has 2 aromatic heterocycles. The summed E-state index contributed by atoms with van der Waals surface area (Å²) >= 11 is 0. The van der Waals surface area contributed by atoms with Crippen molar-refractivity contribution in [3.8, 4) is 11.6 Å². The molecule has 3 aromatic rings. The van der Waals surface area contributed by atoms with E-state index >= 15 is 0 Å². The fraction of sp³-hybridized carbons (Fsp3) is 0.318. The average Bonchev–Trinajstić information content (AvgIpc) is 3.20. The number of aromatic nitrogens is 3. The lowest BCUT2D eigenvalue weighted by Gasteiger charge is -2.21. The van der Waals surface area contributed by atoms with Crippen LogP contribution in [0.3, 0.4) is 0 Å². The van der Waals surface area contributed by atoms with Gasteiger partial charge in [0.1, 0.15) is 5.75 Å². The molecule has 168 valence electrons. The van der Waals surface area contributed by atoms with E-state index in [0.29, 0.717) is 30.2 Å². The van der Waals surface area contributed by atoms with Gasteiger partial charge in [0.05, 0.1) is 23.3 Å². The Hall–Kier alpha value is -3.24. The van der Waals surface area contributed by atoms with E-state index in [4.69, 9.17) is 4.74 Å². The molecule has 1 N–H and O–H groups in total. The minimum Gasteiger partial charge on any atom is -0.495 e. The smallest absolute Gasteiger partial charge is 0.259 e. The van der Waals surface area contributed by atoms with Gasteiger partial charge in [-0.25, -0.2) is 18.1 Å². The summed E-state index contributed by atoms with van der Waals surface area (Å²) in [5.41, 5.74) is 0.558. The molecule has 1 aliphatic rings. The third kappa shape index (κ3) is 4.51. The number of amides is 1. The van der Waals surface area contributed by atoms with E-state index in [1.54, 1.807) is 42.9 Å². The van der Waals surface area contributed by atoms with Crippen molar-refractivity contribution in [1.82, 2.24) is 19.1 Å². The molecule has 0 bridgehead atoms. The molecule has 1 aliphatic heterocycles. The lowest BCUT2D eigenvalue weighted by molar-refractivity contribution is 0.102. The van der Waals surface area contributed by atoms with E-state index in [1.165, 1.54) is 28.2 Å². The normalized spacial score (nSPS) is 15.2. The van der Waals surface area contributed by atoms with E-state index in [-0.39, 0.29) is 10.6 Å². The van der Waals surface area contributed by atoms with Crippen LogP contribution < -0.4 is 10.1 Å². The summed E-state index contributed by atoms with van der Waals surface area (Å²) in [5.74, 6) is 0.270. The quantitative estimate of drug-likeness (QED) is 0.612. The van der Waals surface area contributed by atoms with Gasteiger partial charge in [-0.1, -0.05) is 12.8 Å². The Kier molecular flexibility index (Phi) is 6.52. The van der Waals surface area contributed by atoms with Crippen LogP contribution >= 0.6 is 0 Å². The van der Waals surface area contributed by atoms with E-state index in [1.807, 2.05) is 0 Å². The molecule has 0 radical (unpaired) electrons. The Morgan fingerprint density at radius 1 is 1.06 bits per heavy atom. The van der Waals surface area contributed by atoms with Crippen LogP contribution in [0.15, 0.2) is 59.9 Å². The molecule has 0 unspecified atom stereocenters. The van der Waals surface area contributed by atoms with Gasteiger partial charge in [0.25, 0.3) is 5.91 Å². The molecule has 0 spiro atoms. The number of rotatable bonds is 6. The molecule has 3 heterocycles. The minimum absolute atomic E-state index is 0.119. The molecule has 1 saturated heterocycles. The van der Waals surface area contributed by atoms with Gasteiger partial charge >= 0.3 is 0 Å². The van der Waals surface area contributed by atoms with Crippen LogP contribution in [-0.4, -0.2) is 53.6 Å². The largest absolute Gasteiger partial charge is 0.495 e. The van der Waals surface area contributed by atoms with Crippen LogP contribution in [0.5, 0.6) is 5.75 Å². The highest BCUT2D eigenvalue weighted by Gasteiger charge is 2.26. The molecular weight excluding hydrogens is 430 g/mol. The number of nitrogens with zero attached hydrogens (tertiary/aromatic N) is 4. The van der Waals surface area contributed by atoms with Gasteiger partial charge in [-0.3, -0.25) is 4.79 Å². The van der Waals surface area contributed by atoms with Gasteiger partial charge in [0.2, 0.25) is 10.0 Å². The van der Waals surface area contributed by atoms with Gasteiger partial charge in [0, 0.05) is 31.7 Å². The van der Waals surface area contributed by atoms with E-state index in [0.717, 1.165) is 25.7 Å². The summed E-state index contributed by atoms with van der Waals surface area (Å²) in [4.78, 5) is 17.5. The summed E-state index contributed by atoms with van der Waals surface area (Å²) in [6.45, 7) is 0.998. The first-order valence-corrected chi connectivity index (χ1v) is 11.9. The fourth-order valence-electron chi connectivity index (χ4n) is 3.72. The van der Waals surface area contributed by atoms with Gasteiger partial charge in [-0.2, -0.15) is 9.40 Å². The fourth-order valence-corrected chi connectivity index (χ4v) is 5.26. The molecule has 32 heavy (non-hydrogen) atoms. The molecule has 0 atom stereocenters. The van der Waals surface area contributed by atoms with Crippen molar-refractivity contribution in [2.75, 3.05) is 25.5 Å². The highest BCUT2D eigenvalue weighted by Crippen LogP contribution is 2.30. The average molecular weight is 456 g/mol. The Labute approximate surface area is 187 Å². The van der Waals surface area contributed by atoms with Crippen LogP contribution in [0.25, 0.3) is 5.82 Å². The Morgan fingerprint density at radius 2 is 1.84 bits per heavy atom. The first-order valence-electron chi connectivity index (χ1n) is 10.5. The van der Waals surface area contributed by atoms with Crippen LogP contribution in [0.1, 0.15) is 36.0 Å². The predicted octanol–water partition coefficient (Wildman–Crippen LogP) is 3.09. The zero-order valence-electron chi connectivity index (χ0n) is 17.8. The summed E-state index contributed by atoms with van der Waals surface area (Å²) < 4.78 is 34.8. The molecule has 1 fully saturated rings. The molecular formula is C22H25N5O4S. The van der Waals surface area contributed by atoms with E-state index in [9.17, 15) is 13.2 Å². The summed E-state index contributed by atoms with van der Waals surface area (Å²) in [6.07, 6.45) is 8.60. The molecule has 9 nitrogen and oxygen atoms in total. The first kappa shape index (κ1) is 22.0. The number of sulfonamides is 1. The maximum absolute atomic E-state index is 13.2. The summed E-state index contributed by atoms with van der Waals surface area (Å²) in [5, 5.41) is 6.92. The molecule has 1 aromatic carbocycles. The first-order chi connectivity index (χ1) is 15.5. The zero-order valence-corrected chi connectivity index (χ0v) is 18.6. The number of nitrogens with one attached hydrogen (secondary N) is 1. The van der Waals surface area contributed by atoms with Crippen molar-refractivity contribution in [1.29, 1.82) is 0 Å². The second-order valence-electron chi connectivity index (χ2n) is 7.46. The number of ether oxygens (including phenoxy) is 1. The van der Waals surface area contributed by atoms with E-state index < -0.39 is 15.9 Å². The number of benzene rings is 1. The number of carbonyl (C=O) groups is 1. The SMILES string of the molecule is COc1ccc(S(=O)(=O)N2CCCCCC2)cc1NC(=O)c1cccnc1-n1cccn1. The molecule has 0 aliphatic carbocycles. The third-order valence-electron chi connectivity index (χ3n) is 5.37. The van der Waals surface area contributed by atoms with Crippen molar-refractivity contribution < 1.29 is 17.9 Å². The maximum atomic E-state index is 13.2. The number of methoxy groups -OCH3 is 1. The standard InChI is InChI=1S/C22H25N5O4S/c1-31-20-10-9-17(32(29,30)26-13-4-2-3-5-14-26)16-19(20)25-22(28)18-8-6-11-23-21(18)27-15-7-12-24-27/h6-12,15-16H,2-5,13-14H2,1H3,(H,25,28). The van der Waals surface area contributed by atoms with Crippen LogP contribution in [0.4, 0.5) is 5.69 Å².